The Labute approximate surface area is 154 Å². The Balaban J connectivity index is 0.00000288. The van der Waals surface area contributed by atoms with Crippen LogP contribution in [0.3, 0.4) is 0 Å². The molecule has 1 aliphatic rings. The average molecular weight is 373 g/mol. The fourth-order valence-electron chi connectivity index (χ4n) is 3.07. The number of hydrogen-bond acceptors (Lipinski definition) is 3. The van der Waals surface area contributed by atoms with E-state index >= 15 is 0 Å². The van der Waals surface area contributed by atoms with Crippen LogP contribution in [-0.4, -0.2) is 35.5 Å². The van der Waals surface area contributed by atoms with Crippen molar-refractivity contribution in [2.45, 2.75) is 50.3 Å². The van der Waals surface area contributed by atoms with Gasteiger partial charge in [-0.2, -0.15) is 0 Å². The van der Waals surface area contributed by atoms with E-state index in [0.29, 0.717) is 23.9 Å². The van der Waals surface area contributed by atoms with Gasteiger partial charge in [0.1, 0.15) is 0 Å². The highest BCUT2D eigenvalue weighted by atomic mass is 35.5. The molecule has 0 spiro atoms. The Morgan fingerprint density at radius 1 is 1.17 bits per heavy atom. The lowest BCUT2D eigenvalue weighted by molar-refractivity contribution is 0.0953. The molecule has 0 saturated heterocycles. The van der Waals surface area contributed by atoms with E-state index in [2.05, 4.69) is 10.6 Å². The van der Waals surface area contributed by atoms with Crippen LogP contribution in [-0.2, 0) is 16.6 Å². The number of carbonyl (C=O) groups is 1. The molecule has 6 heteroatoms. The zero-order valence-corrected chi connectivity index (χ0v) is 16.0. The molecule has 1 atom stereocenters. The Hall–Kier alpha value is -0.910. The summed E-state index contributed by atoms with van der Waals surface area (Å²) in [5.41, 5.74) is 1.58. The summed E-state index contributed by atoms with van der Waals surface area (Å²) >= 11 is 0. The van der Waals surface area contributed by atoms with Crippen molar-refractivity contribution in [3.8, 4) is 0 Å². The van der Waals surface area contributed by atoms with E-state index in [1.54, 1.807) is 12.3 Å². The number of hydrogen-bond donors (Lipinski definition) is 2. The van der Waals surface area contributed by atoms with Crippen molar-refractivity contribution in [2.75, 3.05) is 19.3 Å². The van der Waals surface area contributed by atoms with Crippen LogP contribution in [0.2, 0.25) is 0 Å². The predicted octanol–water partition coefficient (Wildman–Crippen LogP) is 3.03. The maximum atomic E-state index is 12.2. The first-order valence-corrected chi connectivity index (χ1v) is 10.3. The molecule has 1 aromatic rings. The SMILES string of the molecule is CS(=O)Cc1cccc(C(=O)NCCNC2CCCCCC2)c1.Cl. The molecule has 0 heterocycles. The highest BCUT2D eigenvalue weighted by molar-refractivity contribution is 7.83. The van der Waals surface area contributed by atoms with Gasteiger partial charge in [-0.3, -0.25) is 9.00 Å². The molecule has 0 radical (unpaired) electrons. The number of halogens is 1. The molecule has 0 bridgehead atoms. The lowest BCUT2D eigenvalue weighted by atomic mass is 10.1. The molecule has 1 amide bonds. The van der Waals surface area contributed by atoms with Gasteiger partial charge in [0, 0.05) is 47.5 Å². The summed E-state index contributed by atoms with van der Waals surface area (Å²) in [6, 6.07) is 8.00. The molecule has 0 aliphatic heterocycles. The largest absolute Gasteiger partial charge is 0.351 e. The molecule has 136 valence electrons. The summed E-state index contributed by atoms with van der Waals surface area (Å²) in [7, 11) is -0.891. The van der Waals surface area contributed by atoms with Crippen molar-refractivity contribution in [1.82, 2.24) is 10.6 Å². The predicted molar refractivity (Wildman–Crippen MR) is 103 cm³/mol. The van der Waals surface area contributed by atoms with Gasteiger partial charge in [-0.05, 0) is 30.5 Å². The van der Waals surface area contributed by atoms with Crippen LogP contribution in [0.25, 0.3) is 0 Å². The normalized spacial score (nSPS) is 16.7. The number of amides is 1. The van der Waals surface area contributed by atoms with Gasteiger partial charge in [-0.15, -0.1) is 12.4 Å². The zero-order valence-electron chi connectivity index (χ0n) is 14.4. The average Bonchev–Trinajstić information content (AvgIpc) is 2.79. The highest BCUT2D eigenvalue weighted by Crippen LogP contribution is 2.16. The molecular weight excluding hydrogens is 344 g/mol. The third-order valence-corrected chi connectivity index (χ3v) is 5.00. The smallest absolute Gasteiger partial charge is 0.251 e. The van der Waals surface area contributed by atoms with E-state index in [9.17, 15) is 9.00 Å². The summed E-state index contributed by atoms with van der Waals surface area (Å²) in [4.78, 5) is 12.2. The minimum Gasteiger partial charge on any atom is -0.351 e. The van der Waals surface area contributed by atoms with Crippen molar-refractivity contribution in [3.63, 3.8) is 0 Å². The van der Waals surface area contributed by atoms with Crippen molar-refractivity contribution in [3.05, 3.63) is 35.4 Å². The third-order valence-electron chi connectivity index (χ3n) is 4.26. The number of nitrogens with one attached hydrogen (secondary N) is 2. The molecule has 0 aromatic heterocycles. The monoisotopic (exact) mass is 372 g/mol. The molecule has 1 fully saturated rings. The van der Waals surface area contributed by atoms with E-state index in [1.165, 1.54) is 38.5 Å². The first-order valence-electron chi connectivity index (χ1n) is 8.55. The van der Waals surface area contributed by atoms with Gasteiger partial charge in [0.15, 0.2) is 0 Å². The summed E-state index contributed by atoms with van der Waals surface area (Å²) in [5.74, 6) is 0.432. The van der Waals surface area contributed by atoms with Gasteiger partial charge in [-0.1, -0.05) is 37.8 Å². The van der Waals surface area contributed by atoms with Gasteiger partial charge < -0.3 is 10.6 Å². The van der Waals surface area contributed by atoms with Crippen LogP contribution in [0.1, 0.15) is 54.4 Å². The molecular formula is C18H29ClN2O2S. The van der Waals surface area contributed by atoms with E-state index < -0.39 is 10.8 Å². The van der Waals surface area contributed by atoms with Crippen LogP contribution >= 0.6 is 12.4 Å². The van der Waals surface area contributed by atoms with Gasteiger partial charge in [0.25, 0.3) is 5.91 Å². The van der Waals surface area contributed by atoms with E-state index in [4.69, 9.17) is 0 Å². The molecule has 4 nitrogen and oxygen atoms in total. The van der Waals surface area contributed by atoms with Gasteiger partial charge in [0.05, 0.1) is 0 Å². The Bertz CT molecular complexity index is 532. The van der Waals surface area contributed by atoms with Crippen molar-refractivity contribution in [1.29, 1.82) is 0 Å². The minimum atomic E-state index is -0.891. The first kappa shape index (κ1) is 21.1. The second kappa shape index (κ2) is 11.6. The van der Waals surface area contributed by atoms with Crippen LogP contribution < -0.4 is 10.6 Å². The third kappa shape index (κ3) is 7.77. The fraction of sp³-hybridized carbons (Fsp3) is 0.611. The van der Waals surface area contributed by atoms with Gasteiger partial charge in [-0.25, -0.2) is 0 Å². The van der Waals surface area contributed by atoms with Crippen LogP contribution in [0, 0.1) is 0 Å². The van der Waals surface area contributed by atoms with Crippen LogP contribution in [0.5, 0.6) is 0 Å². The minimum absolute atomic E-state index is 0. The molecule has 2 rings (SSSR count). The Morgan fingerprint density at radius 2 is 1.88 bits per heavy atom. The number of carbonyl (C=O) groups excluding carboxylic acids is 1. The second-order valence-corrected chi connectivity index (χ2v) is 7.75. The van der Waals surface area contributed by atoms with E-state index in [0.717, 1.165) is 12.1 Å². The summed E-state index contributed by atoms with van der Waals surface area (Å²) < 4.78 is 11.3. The standard InChI is InChI=1S/C18H28N2O2S.ClH/c1-23(22)14-15-7-6-8-16(13-15)18(21)20-12-11-19-17-9-4-2-3-5-10-17;/h6-8,13,17,19H,2-5,9-12,14H2,1H3,(H,20,21);1H. The summed E-state index contributed by atoms with van der Waals surface area (Å²) in [5, 5.41) is 6.51. The van der Waals surface area contributed by atoms with Gasteiger partial charge >= 0.3 is 0 Å². The summed E-state index contributed by atoms with van der Waals surface area (Å²) in [6.45, 7) is 1.45. The number of benzene rings is 1. The highest BCUT2D eigenvalue weighted by Gasteiger charge is 2.11. The molecule has 1 unspecified atom stereocenters. The van der Waals surface area contributed by atoms with Gasteiger partial charge in [0.2, 0.25) is 0 Å². The molecule has 2 N–H and O–H groups in total. The van der Waals surface area contributed by atoms with Crippen molar-refractivity contribution in [2.24, 2.45) is 0 Å². The second-order valence-electron chi connectivity index (χ2n) is 6.32. The first-order chi connectivity index (χ1) is 11.1. The summed E-state index contributed by atoms with van der Waals surface area (Å²) in [6.07, 6.45) is 9.52. The lowest BCUT2D eigenvalue weighted by Gasteiger charge is -2.16. The topological polar surface area (TPSA) is 58.2 Å². The molecule has 1 saturated carbocycles. The van der Waals surface area contributed by atoms with Crippen LogP contribution in [0.4, 0.5) is 0 Å². The Kier molecular flexibility index (Phi) is 10.2. The number of rotatable bonds is 7. The van der Waals surface area contributed by atoms with E-state index in [-0.39, 0.29) is 18.3 Å². The maximum Gasteiger partial charge on any atom is 0.251 e. The molecule has 1 aromatic carbocycles. The van der Waals surface area contributed by atoms with E-state index in [1.807, 2.05) is 18.2 Å². The zero-order chi connectivity index (χ0) is 16.5. The van der Waals surface area contributed by atoms with Crippen LogP contribution in [0.15, 0.2) is 24.3 Å². The van der Waals surface area contributed by atoms with Crippen molar-refractivity contribution >= 4 is 29.1 Å². The Morgan fingerprint density at radius 3 is 2.54 bits per heavy atom. The lowest BCUT2D eigenvalue weighted by Crippen LogP contribution is -2.36. The maximum absolute atomic E-state index is 12.2. The quantitative estimate of drug-likeness (QED) is 0.571. The molecule has 24 heavy (non-hydrogen) atoms. The van der Waals surface area contributed by atoms with Crippen molar-refractivity contribution < 1.29 is 9.00 Å². The molecule has 1 aliphatic carbocycles. The fourth-order valence-corrected chi connectivity index (χ4v) is 3.72.